The predicted molar refractivity (Wildman–Crippen MR) is 106 cm³/mol. The Morgan fingerprint density at radius 3 is 1.28 bits per heavy atom. The number of carbonyl (C=O) groups excluding carboxylic acids is 4. The first-order chi connectivity index (χ1) is 13.4. The van der Waals surface area contributed by atoms with E-state index in [-0.39, 0.29) is 23.3 Å². The monoisotopic (exact) mass is 416 g/mol. The Kier molecular flexibility index (Phi) is 19.3. The van der Waals surface area contributed by atoms with E-state index in [9.17, 15) is 19.2 Å². The van der Waals surface area contributed by atoms with E-state index in [4.69, 9.17) is 0 Å². The van der Waals surface area contributed by atoms with Crippen LogP contribution in [0.25, 0.3) is 0 Å². The molecule has 29 heavy (non-hydrogen) atoms. The Hall–Kier alpha value is -3.10. The average Bonchev–Trinajstić information content (AvgIpc) is 2.73. The van der Waals surface area contributed by atoms with Crippen LogP contribution < -0.4 is 0 Å². The van der Waals surface area contributed by atoms with Gasteiger partial charge in [-0.05, 0) is 32.9 Å². The molecule has 1 rings (SSSR count). The maximum absolute atomic E-state index is 10.8. The van der Waals surface area contributed by atoms with Crippen molar-refractivity contribution in [2.45, 2.75) is 27.7 Å². The van der Waals surface area contributed by atoms with Crippen molar-refractivity contribution < 1.29 is 42.9 Å². The molecule has 0 N–H and O–H groups in total. The van der Waals surface area contributed by atoms with Gasteiger partial charge in [0.05, 0.1) is 46.5 Å². The summed E-state index contributed by atoms with van der Waals surface area (Å²) < 4.78 is 21.2. The average molecular weight is 416 g/mol. The summed E-state index contributed by atoms with van der Waals surface area (Å²) in [6.45, 7) is 6.82. The molecule has 0 heterocycles. The molecule has 0 aliphatic rings. The third-order valence-electron chi connectivity index (χ3n) is 2.61. The van der Waals surface area contributed by atoms with Crippen molar-refractivity contribution in [1.29, 1.82) is 0 Å². The molecule has 0 bridgehead atoms. The van der Waals surface area contributed by atoms with E-state index in [1.807, 2.05) is 26.8 Å². The first-order valence-electron chi connectivity index (χ1n) is 8.29. The van der Waals surface area contributed by atoms with Crippen LogP contribution in [0.3, 0.4) is 0 Å². The van der Waals surface area contributed by atoms with Gasteiger partial charge < -0.3 is 23.7 Å². The molecule has 0 aliphatic heterocycles. The zero-order valence-electron chi connectivity index (χ0n) is 18.6. The number of rotatable bonds is 1. The van der Waals surface area contributed by atoms with E-state index in [0.717, 1.165) is 0 Å². The van der Waals surface area contributed by atoms with Gasteiger partial charge in [-0.2, -0.15) is 0 Å². The van der Waals surface area contributed by atoms with Crippen LogP contribution in [0.1, 0.15) is 38.1 Å². The normalized spacial score (nSPS) is 8.72. The quantitative estimate of drug-likeness (QED) is 0.502. The Bertz CT molecular complexity index is 584. The molecule has 0 aromatic heterocycles. The molecular weight excluding hydrogens is 384 g/mol. The topological polar surface area (TPSA) is 114 Å². The van der Waals surface area contributed by atoms with E-state index in [2.05, 4.69) is 23.7 Å². The number of ether oxygens (including phenoxy) is 5. The summed E-state index contributed by atoms with van der Waals surface area (Å²) in [7, 11) is 6.63. The molecule has 0 fully saturated rings. The summed E-state index contributed by atoms with van der Waals surface area (Å²) in [5, 5.41) is 0. The Morgan fingerprint density at radius 1 is 0.690 bits per heavy atom. The van der Waals surface area contributed by atoms with Gasteiger partial charge in [0.1, 0.15) is 0 Å². The molecule has 1 aromatic rings. The molecule has 0 atom stereocenters. The highest BCUT2D eigenvalue weighted by molar-refractivity contribution is 5.89. The van der Waals surface area contributed by atoms with Crippen molar-refractivity contribution in [3.05, 3.63) is 35.9 Å². The molecule has 166 valence electrons. The van der Waals surface area contributed by atoms with Crippen molar-refractivity contribution in [3.63, 3.8) is 0 Å². The van der Waals surface area contributed by atoms with Crippen LogP contribution in [0, 0.1) is 5.41 Å². The summed E-state index contributed by atoms with van der Waals surface area (Å²) in [6.07, 6.45) is -0.657. The van der Waals surface area contributed by atoms with Gasteiger partial charge in [-0.15, -0.1) is 0 Å². The second-order valence-electron chi connectivity index (χ2n) is 5.95. The Labute approximate surface area is 172 Å². The zero-order chi connectivity index (χ0) is 23.5. The molecule has 9 nitrogen and oxygen atoms in total. The molecule has 9 heteroatoms. The molecule has 0 amide bonds. The first kappa shape index (κ1) is 30.6. The van der Waals surface area contributed by atoms with Crippen LogP contribution in [-0.2, 0) is 33.3 Å². The highest BCUT2D eigenvalue weighted by Gasteiger charge is 2.21. The largest absolute Gasteiger partial charge is 0.507 e. The van der Waals surface area contributed by atoms with E-state index in [0.29, 0.717) is 5.56 Å². The minimum atomic E-state index is -0.657. The van der Waals surface area contributed by atoms with E-state index in [1.54, 1.807) is 24.3 Å². The molecule has 0 aliphatic carbocycles. The number of esters is 3. The van der Waals surface area contributed by atoms with Gasteiger partial charge in [0.2, 0.25) is 0 Å². The summed E-state index contributed by atoms with van der Waals surface area (Å²) in [6, 6.07) is 8.88. The van der Waals surface area contributed by atoms with Crippen LogP contribution in [0.4, 0.5) is 4.79 Å². The van der Waals surface area contributed by atoms with Crippen LogP contribution >= 0.6 is 0 Å². The highest BCUT2D eigenvalue weighted by atomic mass is 16.7. The lowest BCUT2D eigenvalue weighted by molar-refractivity contribution is -0.149. The van der Waals surface area contributed by atoms with Gasteiger partial charge in [-0.1, -0.05) is 18.2 Å². The lowest BCUT2D eigenvalue weighted by atomic mass is 9.98. The Morgan fingerprint density at radius 2 is 1.10 bits per heavy atom. The maximum Gasteiger partial charge on any atom is 0.507 e. The fraction of sp³-hybridized carbons (Fsp3) is 0.500. The minimum absolute atomic E-state index is 0.169. The molecule has 0 unspecified atom stereocenters. The van der Waals surface area contributed by atoms with Crippen molar-refractivity contribution in [3.8, 4) is 0 Å². The van der Waals surface area contributed by atoms with Crippen molar-refractivity contribution in [1.82, 2.24) is 0 Å². The summed E-state index contributed by atoms with van der Waals surface area (Å²) in [5.74, 6) is -0.705. The van der Waals surface area contributed by atoms with E-state index >= 15 is 0 Å². The van der Waals surface area contributed by atoms with E-state index < -0.39 is 6.16 Å². The summed E-state index contributed by atoms with van der Waals surface area (Å²) >= 11 is 0. The standard InChI is InChI=1S/C8H8O2.C6H12O2.C3H6O3.C3H6O2/c1-10-8(9)7-5-3-2-4-6-7;1-6(2,3)5(7)8-4;1-5-3(4)6-2;1-3(4)5-2/h2-6H,1H3;1-4H3;1-2H3;1-2H3. The summed E-state index contributed by atoms with van der Waals surface area (Å²) in [4.78, 5) is 40.7. The van der Waals surface area contributed by atoms with Crippen LogP contribution in [0.2, 0.25) is 0 Å². The maximum atomic E-state index is 10.8. The van der Waals surface area contributed by atoms with Gasteiger partial charge in [0, 0.05) is 6.92 Å². The number of carbonyl (C=O) groups is 4. The number of benzene rings is 1. The molecule has 1 aromatic carbocycles. The highest BCUT2D eigenvalue weighted by Crippen LogP contribution is 2.13. The Balaban J connectivity index is -0.000000323. The van der Waals surface area contributed by atoms with Crippen molar-refractivity contribution in [2.24, 2.45) is 5.41 Å². The minimum Gasteiger partial charge on any atom is -0.469 e. The first-order valence-corrected chi connectivity index (χ1v) is 8.29. The molecule has 0 radical (unpaired) electrons. The second-order valence-corrected chi connectivity index (χ2v) is 5.95. The summed E-state index contributed by atoms with van der Waals surface area (Å²) in [5.41, 5.74) is 0.236. The SMILES string of the molecule is COC(=O)C(C)(C)C.COC(=O)OC.COC(=O)c1ccccc1.COC(C)=O. The van der Waals surface area contributed by atoms with Crippen LogP contribution in [0.15, 0.2) is 30.3 Å². The van der Waals surface area contributed by atoms with Gasteiger partial charge >= 0.3 is 24.1 Å². The molecule has 0 saturated carbocycles. The number of hydrogen-bond donors (Lipinski definition) is 0. The van der Waals surface area contributed by atoms with Gasteiger partial charge in [-0.25, -0.2) is 9.59 Å². The fourth-order valence-electron chi connectivity index (χ4n) is 1.08. The number of methoxy groups -OCH3 is 5. The van der Waals surface area contributed by atoms with Gasteiger partial charge in [-0.3, -0.25) is 9.59 Å². The lowest BCUT2D eigenvalue weighted by Gasteiger charge is -2.13. The molecular formula is C20H32O9. The smallest absolute Gasteiger partial charge is 0.469 e. The van der Waals surface area contributed by atoms with Crippen molar-refractivity contribution in [2.75, 3.05) is 35.5 Å². The van der Waals surface area contributed by atoms with Gasteiger partial charge in [0.25, 0.3) is 0 Å². The van der Waals surface area contributed by atoms with Crippen LogP contribution in [0.5, 0.6) is 0 Å². The zero-order valence-corrected chi connectivity index (χ0v) is 18.6. The lowest BCUT2D eigenvalue weighted by Crippen LogP contribution is -2.21. The predicted octanol–water partition coefficient (Wildman–Crippen LogP) is 3.26. The third-order valence-corrected chi connectivity index (χ3v) is 2.61. The second kappa shape index (κ2) is 18.3. The van der Waals surface area contributed by atoms with E-state index in [1.165, 1.54) is 42.5 Å². The van der Waals surface area contributed by atoms with Crippen molar-refractivity contribution >= 4 is 24.1 Å². The molecule has 0 spiro atoms. The fourth-order valence-corrected chi connectivity index (χ4v) is 1.08. The molecule has 0 saturated heterocycles. The third kappa shape index (κ3) is 21.1. The number of hydrogen-bond acceptors (Lipinski definition) is 9. The van der Waals surface area contributed by atoms with Gasteiger partial charge in [0.15, 0.2) is 0 Å². The van der Waals surface area contributed by atoms with Crippen LogP contribution in [-0.4, -0.2) is 59.6 Å².